The van der Waals surface area contributed by atoms with E-state index in [9.17, 15) is 4.79 Å². The van der Waals surface area contributed by atoms with E-state index in [0.29, 0.717) is 23.2 Å². The summed E-state index contributed by atoms with van der Waals surface area (Å²) in [7, 11) is 0. The summed E-state index contributed by atoms with van der Waals surface area (Å²) in [6, 6.07) is 11.0. The van der Waals surface area contributed by atoms with Gasteiger partial charge in [0.25, 0.3) is 5.91 Å². The van der Waals surface area contributed by atoms with Crippen molar-refractivity contribution >= 4 is 23.3 Å². The van der Waals surface area contributed by atoms with E-state index in [1.165, 1.54) is 12.8 Å². The molecule has 24 heavy (non-hydrogen) atoms. The third-order valence-electron chi connectivity index (χ3n) is 4.26. The summed E-state index contributed by atoms with van der Waals surface area (Å²) in [6.45, 7) is 4.60. The maximum Gasteiger partial charge on any atom is 0.272 e. The van der Waals surface area contributed by atoms with Crippen LogP contribution in [0.25, 0.3) is 0 Å². The summed E-state index contributed by atoms with van der Waals surface area (Å²) in [5, 5.41) is 11.8. The fourth-order valence-corrected chi connectivity index (χ4v) is 3.12. The van der Waals surface area contributed by atoms with Crippen molar-refractivity contribution in [3.05, 3.63) is 52.7 Å². The Balaban J connectivity index is 1.60. The number of aromatic nitrogens is 2. The Morgan fingerprint density at radius 1 is 1.29 bits per heavy atom. The molecular formula is C18H21ClN4O. The third-order valence-corrected chi connectivity index (χ3v) is 4.63. The molecule has 6 heteroatoms. The Kier molecular flexibility index (Phi) is 5.30. The van der Waals surface area contributed by atoms with Crippen molar-refractivity contribution in [3.63, 3.8) is 0 Å². The molecular weight excluding hydrogens is 324 g/mol. The van der Waals surface area contributed by atoms with Crippen molar-refractivity contribution < 1.29 is 4.79 Å². The summed E-state index contributed by atoms with van der Waals surface area (Å²) < 4.78 is 0. The fourth-order valence-electron chi connectivity index (χ4n) is 2.92. The molecule has 1 aromatic heterocycles. The van der Waals surface area contributed by atoms with Crippen LogP contribution in [0.5, 0.6) is 0 Å². The number of benzene rings is 1. The van der Waals surface area contributed by atoms with Crippen LogP contribution in [0.15, 0.2) is 36.4 Å². The van der Waals surface area contributed by atoms with E-state index in [-0.39, 0.29) is 5.91 Å². The van der Waals surface area contributed by atoms with E-state index < -0.39 is 0 Å². The number of rotatable bonds is 4. The molecule has 2 heterocycles. The first-order valence-electron chi connectivity index (χ1n) is 8.24. The van der Waals surface area contributed by atoms with Gasteiger partial charge >= 0.3 is 0 Å². The molecule has 0 aliphatic carbocycles. The first-order chi connectivity index (χ1) is 11.6. The maximum absolute atomic E-state index is 12.2. The Hall–Kier alpha value is -2.14. The molecule has 0 bridgehead atoms. The number of halogens is 1. The lowest BCUT2D eigenvalue weighted by Crippen LogP contribution is -2.35. The van der Waals surface area contributed by atoms with E-state index in [0.717, 1.165) is 24.5 Å². The van der Waals surface area contributed by atoms with Gasteiger partial charge in [-0.05, 0) is 42.5 Å². The maximum atomic E-state index is 12.2. The second-order valence-corrected chi connectivity index (χ2v) is 6.65. The molecule has 0 spiro atoms. The van der Waals surface area contributed by atoms with Crippen LogP contribution in [0.1, 0.15) is 35.8 Å². The van der Waals surface area contributed by atoms with Crippen molar-refractivity contribution in [1.82, 2.24) is 15.5 Å². The van der Waals surface area contributed by atoms with Gasteiger partial charge in [-0.1, -0.05) is 36.7 Å². The number of amides is 1. The van der Waals surface area contributed by atoms with E-state index in [1.807, 2.05) is 24.3 Å². The number of hydrogen-bond acceptors (Lipinski definition) is 4. The Labute approximate surface area is 147 Å². The van der Waals surface area contributed by atoms with Gasteiger partial charge in [-0.15, -0.1) is 10.2 Å². The first kappa shape index (κ1) is 16.7. The molecule has 5 nitrogen and oxygen atoms in total. The van der Waals surface area contributed by atoms with Crippen LogP contribution in [-0.2, 0) is 6.54 Å². The monoisotopic (exact) mass is 344 g/mol. The zero-order valence-corrected chi connectivity index (χ0v) is 14.5. The summed E-state index contributed by atoms with van der Waals surface area (Å²) in [5.74, 6) is 1.25. The highest BCUT2D eigenvalue weighted by atomic mass is 35.5. The normalized spacial score (nSPS) is 17.6. The smallest absolute Gasteiger partial charge is 0.272 e. The van der Waals surface area contributed by atoms with Gasteiger partial charge in [0.2, 0.25) is 0 Å². The number of nitrogens with zero attached hydrogens (tertiary/aromatic N) is 3. The Morgan fingerprint density at radius 3 is 2.83 bits per heavy atom. The van der Waals surface area contributed by atoms with Gasteiger partial charge in [0.15, 0.2) is 11.5 Å². The number of anilines is 1. The summed E-state index contributed by atoms with van der Waals surface area (Å²) in [5.41, 5.74) is 1.19. The molecule has 1 atom stereocenters. The molecule has 0 saturated carbocycles. The van der Waals surface area contributed by atoms with E-state index >= 15 is 0 Å². The van der Waals surface area contributed by atoms with Gasteiger partial charge in [0.05, 0.1) is 0 Å². The second kappa shape index (κ2) is 7.62. The van der Waals surface area contributed by atoms with Crippen LogP contribution < -0.4 is 10.2 Å². The Morgan fingerprint density at radius 2 is 2.12 bits per heavy atom. The third kappa shape index (κ3) is 4.03. The molecule has 1 N–H and O–H groups in total. The fraction of sp³-hybridized carbons (Fsp3) is 0.389. The van der Waals surface area contributed by atoms with Crippen LogP contribution in [0.4, 0.5) is 5.82 Å². The standard InChI is InChI=1S/C18H21ClN4O/c1-13-5-4-10-23(12-13)17-9-8-16(21-22-17)18(24)20-11-14-6-2-3-7-15(14)19/h2-3,6-9,13H,4-5,10-12H2,1H3,(H,20,24). The molecule has 1 fully saturated rings. The SMILES string of the molecule is CC1CCCN(c2ccc(C(=O)NCc3ccccc3Cl)nn2)C1. The van der Waals surface area contributed by atoms with E-state index in [1.54, 1.807) is 12.1 Å². The van der Waals surface area contributed by atoms with Gasteiger partial charge in [0.1, 0.15) is 0 Å². The van der Waals surface area contributed by atoms with Crippen LogP contribution in [0.2, 0.25) is 5.02 Å². The first-order valence-corrected chi connectivity index (χ1v) is 8.61. The zero-order chi connectivity index (χ0) is 16.9. The summed E-state index contributed by atoms with van der Waals surface area (Å²) in [4.78, 5) is 14.4. The minimum Gasteiger partial charge on any atom is -0.355 e. The Bertz CT molecular complexity index is 704. The van der Waals surface area contributed by atoms with Crippen molar-refractivity contribution in [2.24, 2.45) is 5.92 Å². The van der Waals surface area contributed by atoms with E-state index in [4.69, 9.17) is 11.6 Å². The second-order valence-electron chi connectivity index (χ2n) is 6.24. The minimum absolute atomic E-state index is 0.249. The number of nitrogens with one attached hydrogen (secondary N) is 1. The van der Waals surface area contributed by atoms with Crippen molar-refractivity contribution in [2.45, 2.75) is 26.3 Å². The van der Waals surface area contributed by atoms with Crippen molar-refractivity contribution in [3.8, 4) is 0 Å². The molecule has 1 unspecified atom stereocenters. The molecule has 1 aliphatic rings. The summed E-state index contributed by atoms with van der Waals surface area (Å²) in [6.07, 6.45) is 2.43. The van der Waals surface area contributed by atoms with Crippen LogP contribution in [0, 0.1) is 5.92 Å². The lowest BCUT2D eigenvalue weighted by Gasteiger charge is -2.31. The van der Waals surface area contributed by atoms with Crippen LogP contribution >= 0.6 is 11.6 Å². The van der Waals surface area contributed by atoms with E-state index in [2.05, 4.69) is 27.3 Å². The van der Waals surface area contributed by atoms with Crippen molar-refractivity contribution in [1.29, 1.82) is 0 Å². The number of piperidine rings is 1. The summed E-state index contributed by atoms with van der Waals surface area (Å²) >= 11 is 6.09. The van der Waals surface area contributed by atoms with Gasteiger partial charge in [-0.2, -0.15) is 0 Å². The minimum atomic E-state index is -0.249. The molecule has 1 aliphatic heterocycles. The molecule has 2 aromatic rings. The number of carbonyl (C=O) groups excluding carboxylic acids is 1. The largest absolute Gasteiger partial charge is 0.355 e. The highest BCUT2D eigenvalue weighted by Crippen LogP contribution is 2.20. The predicted molar refractivity (Wildman–Crippen MR) is 95.3 cm³/mol. The number of hydrogen-bond donors (Lipinski definition) is 1. The molecule has 0 radical (unpaired) electrons. The van der Waals surface area contributed by atoms with Gasteiger partial charge in [-0.3, -0.25) is 4.79 Å². The predicted octanol–water partition coefficient (Wildman–Crippen LogP) is 3.30. The lowest BCUT2D eigenvalue weighted by atomic mass is 10.0. The average Bonchev–Trinajstić information content (AvgIpc) is 2.61. The van der Waals surface area contributed by atoms with Gasteiger partial charge in [-0.25, -0.2) is 0 Å². The lowest BCUT2D eigenvalue weighted by molar-refractivity contribution is 0.0945. The average molecular weight is 345 g/mol. The highest BCUT2D eigenvalue weighted by molar-refractivity contribution is 6.31. The quantitative estimate of drug-likeness (QED) is 0.924. The topological polar surface area (TPSA) is 58.1 Å². The van der Waals surface area contributed by atoms with Gasteiger partial charge < -0.3 is 10.2 Å². The number of carbonyl (C=O) groups is 1. The van der Waals surface area contributed by atoms with Crippen LogP contribution in [0.3, 0.4) is 0 Å². The molecule has 3 rings (SSSR count). The van der Waals surface area contributed by atoms with Gasteiger partial charge in [0, 0.05) is 24.7 Å². The molecule has 126 valence electrons. The molecule has 1 aromatic carbocycles. The molecule has 1 amide bonds. The molecule has 1 saturated heterocycles. The zero-order valence-electron chi connectivity index (χ0n) is 13.7. The highest BCUT2D eigenvalue weighted by Gasteiger charge is 2.18. The van der Waals surface area contributed by atoms with Crippen molar-refractivity contribution in [2.75, 3.05) is 18.0 Å². The van der Waals surface area contributed by atoms with Crippen LogP contribution in [-0.4, -0.2) is 29.2 Å².